The maximum Gasteiger partial charge on any atom is 0.340 e. The molecule has 0 saturated heterocycles. The van der Waals surface area contributed by atoms with Crippen molar-refractivity contribution in [2.75, 3.05) is 6.61 Å². The molecule has 0 aliphatic heterocycles. The molecule has 0 bridgehead atoms. The van der Waals surface area contributed by atoms with Crippen LogP contribution in [-0.2, 0) is 4.74 Å². The van der Waals surface area contributed by atoms with Crippen LogP contribution in [0.1, 0.15) is 16.8 Å². The summed E-state index contributed by atoms with van der Waals surface area (Å²) in [4.78, 5) is 11.9. The predicted octanol–water partition coefficient (Wildman–Crippen LogP) is 2.83. The zero-order chi connectivity index (χ0) is 12.1. The summed E-state index contributed by atoms with van der Waals surface area (Å²) in [6.45, 7) is 0.542. The van der Waals surface area contributed by atoms with Crippen LogP contribution in [0.15, 0.2) is 12.1 Å². The molecule has 1 aromatic carbocycles. The second-order valence-electron chi connectivity index (χ2n) is 3.21. The third-order valence-electron chi connectivity index (χ3n) is 1.98. The van der Waals surface area contributed by atoms with Crippen molar-refractivity contribution in [1.82, 2.24) is 0 Å². The Labute approximate surface area is 139 Å². The molecule has 88 valence electrons. The van der Waals surface area contributed by atoms with E-state index < -0.39 is 0 Å². The molecule has 1 aromatic rings. The number of esters is 1. The lowest BCUT2D eigenvalue weighted by Gasteiger charge is -2.09. The average Bonchev–Trinajstić information content (AvgIpc) is 2.24. The summed E-state index contributed by atoms with van der Waals surface area (Å²) in [6, 6.07) is 5.14. The molecule has 2 nitrogen and oxygen atoms in total. The molecule has 0 N–H and O–H groups in total. The number of hydrogen-bond donors (Lipinski definition) is 0. The molecule has 0 unspecified atom stereocenters. The van der Waals surface area contributed by atoms with E-state index in [1.165, 1.54) is 16.3 Å². The number of benzene rings is 1. The molecule has 0 heterocycles. The summed E-state index contributed by atoms with van der Waals surface area (Å²) in [5.74, 6) is -0.192. The molecule has 0 radical (unpaired) electrons. The summed E-state index contributed by atoms with van der Waals surface area (Å²) >= 11 is 6.61. The lowest BCUT2D eigenvalue weighted by atomic mass is 10.2. The van der Waals surface area contributed by atoms with Gasteiger partial charge in [-0.25, -0.2) is 4.79 Å². The Bertz CT molecular complexity index is 396. The van der Waals surface area contributed by atoms with Gasteiger partial charge in [0.2, 0.25) is 0 Å². The quantitative estimate of drug-likeness (QED) is 0.183. The molecular weight excluding hydrogens is 561 g/mol. The highest BCUT2D eigenvalue weighted by Gasteiger charge is 2.17. The third kappa shape index (κ3) is 4.09. The Morgan fingerprint density at radius 2 is 1.88 bits per heavy atom. The molecular formula is C10H11I3O2Si. The molecule has 0 aliphatic rings. The van der Waals surface area contributed by atoms with Crippen molar-refractivity contribution in [2.24, 2.45) is 0 Å². The zero-order valence-corrected chi connectivity index (χ0v) is 17.2. The van der Waals surface area contributed by atoms with Crippen molar-refractivity contribution in [2.45, 2.75) is 12.5 Å². The van der Waals surface area contributed by atoms with E-state index in [1.54, 1.807) is 0 Å². The molecule has 6 heteroatoms. The fourth-order valence-electron chi connectivity index (χ4n) is 1.10. The average molecular weight is 572 g/mol. The van der Waals surface area contributed by atoms with E-state index in [0.29, 0.717) is 12.2 Å². The standard InChI is InChI=1S/C10H11I3O2Si/c11-6-2-3-7(12)9(13)8(6)10(14)15-4-1-5-16/h2-3H,1,4-5H2,16H3. The number of ether oxygens (including phenoxy) is 1. The van der Waals surface area contributed by atoms with Gasteiger partial charge in [-0.05, 0) is 86.3 Å². The first-order valence-corrected chi connectivity index (χ1v) is 9.53. The van der Waals surface area contributed by atoms with Gasteiger partial charge < -0.3 is 4.74 Å². The largest absolute Gasteiger partial charge is 0.462 e. The maximum atomic E-state index is 11.9. The number of carbonyl (C=O) groups excluding carboxylic acids is 1. The molecule has 0 saturated carbocycles. The lowest BCUT2D eigenvalue weighted by Crippen LogP contribution is -2.11. The van der Waals surface area contributed by atoms with Crippen LogP contribution in [0.2, 0.25) is 6.04 Å². The monoisotopic (exact) mass is 572 g/mol. The molecule has 0 aliphatic carbocycles. The summed E-state index contributed by atoms with van der Waals surface area (Å²) in [5.41, 5.74) is 0.710. The molecule has 0 fully saturated rings. The van der Waals surface area contributed by atoms with Gasteiger partial charge >= 0.3 is 5.97 Å². The number of carbonyl (C=O) groups is 1. The van der Waals surface area contributed by atoms with Crippen molar-refractivity contribution >= 4 is 84.0 Å². The first-order chi connectivity index (χ1) is 7.57. The van der Waals surface area contributed by atoms with Crippen molar-refractivity contribution < 1.29 is 9.53 Å². The van der Waals surface area contributed by atoms with E-state index in [0.717, 1.165) is 17.1 Å². The summed E-state index contributed by atoms with van der Waals surface area (Å²) in [7, 11) is 1.17. The fourth-order valence-corrected chi connectivity index (χ4v) is 3.71. The topological polar surface area (TPSA) is 26.3 Å². The van der Waals surface area contributed by atoms with Crippen LogP contribution in [0.25, 0.3) is 0 Å². The van der Waals surface area contributed by atoms with Gasteiger partial charge in [0, 0.05) is 21.0 Å². The first kappa shape index (κ1) is 15.2. The van der Waals surface area contributed by atoms with Crippen LogP contribution in [-0.4, -0.2) is 22.8 Å². The molecule has 0 spiro atoms. The molecule has 16 heavy (non-hydrogen) atoms. The van der Waals surface area contributed by atoms with Gasteiger partial charge in [0.05, 0.1) is 12.2 Å². The van der Waals surface area contributed by atoms with E-state index >= 15 is 0 Å². The highest BCUT2D eigenvalue weighted by atomic mass is 127. The Kier molecular flexibility index (Phi) is 7.12. The van der Waals surface area contributed by atoms with Crippen LogP contribution in [0, 0.1) is 10.7 Å². The van der Waals surface area contributed by atoms with E-state index in [9.17, 15) is 4.79 Å². The lowest BCUT2D eigenvalue weighted by molar-refractivity contribution is 0.0502. The van der Waals surface area contributed by atoms with Gasteiger partial charge in [0.15, 0.2) is 0 Å². The van der Waals surface area contributed by atoms with E-state index in [4.69, 9.17) is 4.74 Å². The van der Waals surface area contributed by atoms with Crippen LogP contribution in [0.5, 0.6) is 0 Å². The van der Waals surface area contributed by atoms with Gasteiger partial charge in [-0.3, -0.25) is 0 Å². The smallest absolute Gasteiger partial charge is 0.340 e. The van der Waals surface area contributed by atoms with E-state index in [1.807, 2.05) is 12.1 Å². The summed E-state index contributed by atoms with van der Waals surface area (Å²) < 4.78 is 8.29. The third-order valence-corrected chi connectivity index (χ3v) is 6.64. The SMILES string of the molecule is O=C(OCCC[SiH3])c1c(I)ccc(I)c1I. The number of rotatable bonds is 4. The first-order valence-electron chi connectivity index (χ1n) is 4.88. The van der Waals surface area contributed by atoms with Gasteiger partial charge in [0.1, 0.15) is 0 Å². The van der Waals surface area contributed by atoms with Gasteiger partial charge in [-0.1, -0.05) is 6.04 Å². The predicted molar refractivity (Wildman–Crippen MR) is 94.2 cm³/mol. The minimum atomic E-state index is -0.192. The van der Waals surface area contributed by atoms with Crippen molar-refractivity contribution in [3.05, 3.63) is 28.4 Å². The van der Waals surface area contributed by atoms with Gasteiger partial charge in [-0.2, -0.15) is 0 Å². The minimum absolute atomic E-state index is 0.192. The van der Waals surface area contributed by atoms with Gasteiger partial charge in [-0.15, -0.1) is 0 Å². The second kappa shape index (κ2) is 7.51. The summed E-state index contributed by atoms with van der Waals surface area (Å²) in [6.07, 6.45) is 0.981. The van der Waals surface area contributed by atoms with E-state index in [-0.39, 0.29) is 5.97 Å². The van der Waals surface area contributed by atoms with Crippen LogP contribution in [0.4, 0.5) is 0 Å². The van der Waals surface area contributed by atoms with Crippen molar-refractivity contribution in [3.8, 4) is 0 Å². The molecule has 0 aromatic heterocycles. The fraction of sp³-hybridized carbons (Fsp3) is 0.300. The molecule has 0 atom stereocenters. The van der Waals surface area contributed by atoms with Crippen LogP contribution < -0.4 is 0 Å². The van der Waals surface area contributed by atoms with Gasteiger partial charge in [0.25, 0.3) is 0 Å². The second-order valence-corrected chi connectivity index (χ2v) is 7.61. The van der Waals surface area contributed by atoms with Crippen LogP contribution in [0.3, 0.4) is 0 Å². The highest BCUT2D eigenvalue weighted by Crippen LogP contribution is 2.25. The normalized spacial score (nSPS) is 10.4. The highest BCUT2D eigenvalue weighted by molar-refractivity contribution is 14.1. The minimum Gasteiger partial charge on any atom is -0.462 e. The van der Waals surface area contributed by atoms with Crippen molar-refractivity contribution in [3.63, 3.8) is 0 Å². The molecule has 0 amide bonds. The Morgan fingerprint density at radius 1 is 1.25 bits per heavy atom. The maximum absolute atomic E-state index is 11.9. The Hall–Kier alpha value is 1.10. The zero-order valence-electron chi connectivity index (χ0n) is 8.73. The Morgan fingerprint density at radius 3 is 2.50 bits per heavy atom. The van der Waals surface area contributed by atoms with Crippen LogP contribution >= 0.6 is 67.8 Å². The van der Waals surface area contributed by atoms with Crippen molar-refractivity contribution in [1.29, 1.82) is 0 Å². The number of hydrogen-bond acceptors (Lipinski definition) is 2. The molecule has 1 rings (SSSR count). The Balaban J connectivity index is 2.86. The van der Waals surface area contributed by atoms with E-state index in [2.05, 4.69) is 67.8 Å². The summed E-state index contributed by atoms with van der Waals surface area (Å²) in [5, 5.41) is 0. The number of halogens is 3.